The number of ether oxygens (including phenoxy) is 1. The van der Waals surface area contributed by atoms with Crippen molar-refractivity contribution in [2.24, 2.45) is 0 Å². The van der Waals surface area contributed by atoms with Crippen LogP contribution < -0.4 is 0 Å². The van der Waals surface area contributed by atoms with Crippen LogP contribution in [0.3, 0.4) is 0 Å². The molecule has 0 saturated carbocycles. The summed E-state index contributed by atoms with van der Waals surface area (Å²) in [5.74, 6) is 0. The van der Waals surface area contributed by atoms with Gasteiger partial charge in [0.25, 0.3) is 0 Å². The summed E-state index contributed by atoms with van der Waals surface area (Å²) >= 11 is 0. The first-order chi connectivity index (χ1) is 10.1. The Morgan fingerprint density at radius 2 is 1.50 bits per heavy atom. The molecule has 1 saturated heterocycles. The van der Waals surface area contributed by atoms with Gasteiger partial charge in [0.1, 0.15) is 6.10 Å². The molecule has 0 bridgehead atoms. The van der Waals surface area contributed by atoms with Crippen molar-refractivity contribution in [2.45, 2.75) is 96.4 Å². The van der Waals surface area contributed by atoms with Gasteiger partial charge in [0.2, 0.25) is 0 Å². The average molecular weight is 349 g/mol. The molecule has 3 nitrogen and oxygen atoms in total. The third-order valence-corrected chi connectivity index (χ3v) is 14.7. The van der Waals surface area contributed by atoms with Crippen LogP contribution in [-0.4, -0.2) is 42.0 Å². The maximum absolute atomic E-state index is 7.98. The van der Waals surface area contributed by atoms with Crippen LogP contribution in [0.4, 0.5) is 0 Å². The zero-order valence-corrected chi connectivity index (χ0v) is 18.4. The van der Waals surface area contributed by atoms with E-state index in [0.29, 0.717) is 13.0 Å². The Morgan fingerprint density at radius 1 is 1.00 bits per heavy atom. The Balaban J connectivity index is 2.74. The van der Waals surface area contributed by atoms with E-state index < -0.39 is 23.2 Å². The standard InChI is InChI=1S/C17H38O3Si2/c1-16(2,3)21(7,8)19-13-15-14(11-12-18-15)20-22(9,10)17(4,5)6/h14-15H,11-13H2,1-10H3/t14-,15-/m1/s1/i12T/t12-,14+,15+/m0. The smallest absolute Gasteiger partial charge is 0.192 e. The van der Waals surface area contributed by atoms with Gasteiger partial charge in [-0.05, 0) is 42.7 Å². The van der Waals surface area contributed by atoms with Crippen molar-refractivity contribution in [3.63, 3.8) is 0 Å². The molecule has 0 aliphatic carbocycles. The molecule has 0 unspecified atom stereocenters. The predicted octanol–water partition coefficient (Wildman–Crippen LogP) is 5.19. The fraction of sp³-hybridized carbons (Fsp3) is 1.00. The zero-order chi connectivity index (χ0) is 18.3. The molecule has 0 spiro atoms. The van der Waals surface area contributed by atoms with E-state index in [1.165, 1.54) is 0 Å². The summed E-state index contributed by atoms with van der Waals surface area (Å²) in [6.45, 7) is 22.5. The van der Waals surface area contributed by atoms with Crippen molar-refractivity contribution < 1.29 is 15.0 Å². The highest BCUT2D eigenvalue weighted by molar-refractivity contribution is 6.74. The summed E-state index contributed by atoms with van der Waals surface area (Å²) in [7, 11) is -3.67. The summed E-state index contributed by atoms with van der Waals surface area (Å²) < 4.78 is 26.6. The number of hydrogen-bond acceptors (Lipinski definition) is 3. The van der Waals surface area contributed by atoms with Crippen LogP contribution in [0.25, 0.3) is 0 Å². The zero-order valence-electron chi connectivity index (χ0n) is 17.4. The molecule has 1 fully saturated rings. The maximum atomic E-state index is 7.98. The van der Waals surface area contributed by atoms with Crippen LogP contribution in [0.5, 0.6) is 0 Å². The molecule has 132 valence electrons. The van der Waals surface area contributed by atoms with Gasteiger partial charge in [-0.15, -0.1) is 0 Å². The molecule has 5 heteroatoms. The molecular formula is C17H38O3Si2. The molecule has 0 radical (unpaired) electrons. The van der Waals surface area contributed by atoms with Gasteiger partial charge in [0.05, 0.1) is 14.1 Å². The van der Waals surface area contributed by atoms with Crippen molar-refractivity contribution in [1.29, 1.82) is 0 Å². The Bertz CT molecular complexity index is 400. The second kappa shape index (κ2) is 6.67. The maximum Gasteiger partial charge on any atom is 0.192 e. The lowest BCUT2D eigenvalue weighted by atomic mass is 10.2. The molecule has 1 aliphatic rings. The fourth-order valence-corrected chi connectivity index (χ4v) is 4.22. The first-order valence-electron chi connectivity index (χ1n) is 9.04. The lowest BCUT2D eigenvalue weighted by Crippen LogP contribution is -2.48. The summed E-state index contributed by atoms with van der Waals surface area (Å²) in [4.78, 5) is 0. The molecule has 0 aromatic carbocycles. The molecular weight excluding hydrogens is 308 g/mol. The molecule has 0 N–H and O–H groups in total. The van der Waals surface area contributed by atoms with Crippen LogP contribution >= 0.6 is 0 Å². The molecule has 0 aromatic rings. The largest absolute Gasteiger partial charge is 0.414 e. The molecule has 1 heterocycles. The molecule has 0 amide bonds. The predicted molar refractivity (Wildman–Crippen MR) is 99.6 cm³/mol. The normalized spacial score (nSPS) is 28.8. The summed E-state index contributed by atoms with van der Waals surface area (Å²) in [5, 5.41) is 0.347. The SMILES string of the molecule is [3H][C@H]1C[C@@H](O[Si](C)(C)C(C)(C)C)[C@@H](CO[Si](C)(C)C(C)(C)C)O1. The third-order valence-electron chi connectivity index (χ3n) is 5.68. The first-order valence-corrected chi connectivity index (χ1v) is 14.3. The summed E-state index contributed by atoms with van der Waals surface area (Å²) in [5.41, 5.74) is 0. The van der Waals surface area contributed by atoms with Gasteiger partial charge in [-0.2, -0.15) is 0 Å². The van der Waals surface area contributed by atoms with Crippen molar-refractivity contribution in [3.8, 4) is 0 Å². The minimum atomic E-state index is -1.86. The monoisotopic (exact) mass is 348 g/mol. The van der Waals surface area contributed by atoms with E-state index in [0.717, 1.165) is 0 Å². The van der Waals surface area contributed by atoms with Gasteiger partial charge in [-0.25, -0.2) is 0 Å². The van der Waals surface area contributed by atoms with Crippen molar-refractivity contribution in [2.75, 3.05) is 13.2 Å². The number of rotatable bonds is 5. The van der Waals surface area contributed by atoms with Crippen LogP contribution in [0.15, 0.2) is 0 Å². The summed E-state index contributed by atoms with van der Waals surface area (Å²) in [6, 6.07) is 0. The second-order valence-electron chi connectivity index (χ2n) is 9.56. The highest BCUT2D eigenvalue weighted by Gasteiger charge is 2.44. The Morgan fingerprint density at radius 3 is 1.95 bits per heavy atom. The average Bonchev–Trinajstić information content (AvgIpc) is 2.63. The quantitative estimate of drug-likeness (QED) is 0.640. The van der Waals surface area contributed by atoms with Gasteiger partial charge in [0.15, 0.2) is 16.6 Å². The van der Waals surface area contributed by atoms with Gasteiger partial charge in [0, 0.05) is 6.58 Å². The minimum absolute atomic E-state index is 0.0110. The van der Waals surface area contributed by atoms with E-state index in [1.54, 1.807) is 0 Å². The van der Waals surface area contributed by atoms with E-state index in [4.69, 9.17) is 15.0 Å². The Hall–Kier alpha value is 0.314. The second-order valence-corrected chi connectivity index (χ2v) is 19.1. The van der Waals surface area contributed by atoms with Crippen molar-refractivity contribution in [1.82, 2.24) is 0 Å². The summed E-state index contributed by atoms with van der Waals surface area (Å²) in [6.07, 6.45) is 0.529. The molecule has 0 aromatic heterocycles. The van der Waals surface area contributed by atoms with Crippen LogP contribution in [0.2, 0.25) is 36.3 Å². The van der Waals surface area contributed by atoms with Crippen molar-refractivity contribution >= 4 is 16.6 Å². The lowest BCUT2D eigenvalue weighted by Gasteiger charge is -2.40. The Labute approximate surface area is 141 Å². The molecule has 1 rings (SSSR count). The van der Waals surface area contributed by atoms with E-state index in [9.17, 15) is 0 Å². The molecule has 22 heavy (non-hydrogen) atoms. The van der Waals surface area contributed by atoms with Crippen LogP contribution in [0, 0.1) is 0 Å². The van der Waals surface area contributed by atoms with Gasteiger partial charge in [-0.1, -0.05) is 41.5 Å². The topological polar surface area (TPSA) is 27.7 Å². The van der Waals surface area contributed by atoms with Gasteiger partial charge >= 0.3 is 0 Å². The van der Waals surface area contributed by atoms with E-state index in [2.05, 4.69) is 67.7 Å². The minimum Gasteiger partial charge on any atom is -0.414 e. The van der Waals surface area contributed by atoms with E-state index >= 15 is 0 Å². The van der Waals surface area contributed by atoms with Crippen LogP contribution in [0.1, 0.15) is 49.3 Å². The van der Waals surface area contributed by atoms with Crippen LogP contribution in [-0.2, 0) is 13.6 Å². The van der Waals surface area contributed by atoms with E-state index in [1.807, 2.05) is 0 Å². The highest BCUT2D eigenvalue weighted by Crippen LogP contribution is 2.40. The highest BCUT2D eigenvalue weighted by atomic mass is 28.4. The van der Waals surface area contributed by atoms with Gasteiger partial charge in [-0.3, -0.25) is 0 Å². The Kier molecular flexibility index (Phi) is 5.65. The molecule has 1 aliphatic heterocycles. The lowest BCUT2D eigenvalue weighted by molar-refractivity contribution is 0.0118. The van der Waals surface area contributed by atoms with Gasteiger partial charge < -0.3 is 13.6 Å². The third kappa shape index (κ3) is 4.90. The van der Waals surface area contributed by atoms with E-state index in [-0.39, 0.29) is 22.3 Å². The molecule has 3 atom stereocenters. The fourth-order valence-electron chi connectivity index (χ4n) is 1.85. The first kappa shape index (κ1) is 18.6. The number of hydrogen-bond donors (Lipinski definition) is 0. The van der Waals surface area contributed by atoms with Crippen molar-refractivity contribution in [3.05, 3.63) is 0 Å².